The van der Waals surface area contributed by atoms with Crippen molar-refractivity contribution in [3.63, 3.8) is 0 Å². The SMILES string of the molecule is O=C1CC[C@@H](c2ccc(O)c(OC3CCCC3)c2)CN1. The number of phenols is 1. The minimum absolute atomic E-state index is 0.127. The third-order valence-corrected chi connectivity index (χ3v) is 4.32. The van der Waals surface area contributed by atoms with Crippen LogP contribution in [0.25, 0.3) is 0 Å². The maximum Gasteiger partial charge on any atom is 0.220 e. The van der Waals surface area contributed by atoms with Crippen LogP contribution in [0.3, 0.4) is 0 Å². The normalized spacial score (nSPS) is 23.6. The highest BCUT2D eigenvalue weighted by molar-refractivity contribution is 5.76. The predicted octanol–water partition coefficient (Wildman–Crippen LogP) is 2.71. The minimum atomic E-state index is 0.127. The van der Waals surface area contributed by atoms with E-state index in [9.17, 15) is 9.90 Å². The van der Waals surface area contributed by atoms with Crippen LogP contribution in [-0.2, 0) is 4.79 Å². The number of carbonyl (C=O) groups excluding carboxylic acids is 1. The van der Waals surface area contributed by atoms with E-state index in [2.05, 4.69) is 5.32 Å². The Kier molecular flexibility index (Phi) is 3.81. The van der Waals surface area contributed by atoms with Gasteiger partial charge in [-0.1, -0.05) is 6.07 Å². The molecular formula is C16H21NO3. The van der Waals surface area contributed by atoms with Gasteiger partial charge in [-0.25, -0.2) is 0 Å². The zero-order chi connectivity index (χ0) is 13.9. The van der Waals surface area contributed by atoms with Crippen molar-refractivity contribution in [1.82, 2.24) is 5.32 Å². The highest BCUT2D eigenvalue weighted by Gasteiger charge is 2.22. The van der Waals surface area contributed by atoms with E-state index in [1.807, 2.05) is 12.1 Å². The first-order chi connectivity index (χ1) is 9.72. The maximum absolute atomic E-state index is 11.2. The molecule has 1 saturated heterocycles. The first-order valence-corrected chi connectivity index (χ1v) is 7.48. The van der Waals surface area contributed by atoms with Gasteiger partial charge in [-0.3, -0.25) is 4.79 Å². The lowest BCUT2D eigenvalue weighted by molar-refractivity contribution is -0.122. The highest BCUT2D eigenvalue weighted by Crippen LogP contribution is 2.35. The number of hydrogen-bond acceptors (Lipinski definition) is 3. The van der Waals surface area contributed by atoms with E-state index in [1.165, 1.54) is 12.8 Å². The second-order valence-corrected chi connectivity index (χ2v) is 5.79. The summed E-state index contributed by atoms with van der Waals surface area (Å²) in [5, 5.41) is 12.8. The number of carbonyl (C=O) groups is 1. The Morgan fingerprint density at radius 3 is 2.70 bits per heavy atom. The molecule has 0 spiro atoms. The molecule has 2 fully saturated rings. The van der Waals surface area contributed by atoms with E-state index < -0.39 is 0 Å². The van der Waals surface area contributed by atoms with Crippen LogP contribution in [0.15, 0.2) is 18.2 Å². The molecule has 20 heavy (non-hydrogen) atoms. The fourth-order valence-electron chi connectivity index (χ4n) is 3.08. The van der Waals surface area contributed by atoms with Crippen LogP contribution < -0.4 is 10.1 Å². The molecule has 4 heteroatoms. The molecule has 1 aliphatic heterocycles. The highest BCUT2D eigenvalue weighted by atomic mass is 16.5. The number of hydrogen-bond donors (Lipinski definition) is 2. The van der Waals surface area contributed by atoms with Crippen molar-refractivity contribution in [2.75, 3.05) is 6.54 Å². The van der Waals surface area contributed by atoms with Crippen LogP contribution in [-0.4, -0.2) is 23.7 Å². The first kappa shape index (κ1) is 13.3. The van der Waals surface area contributed by atoms with Gasteiger partial charge in [0.2, 0.25) is 5.91 Å². The average Bonchev–Trinajstić information content (AvgIpc) is 2.95. The standard InChI is InChI=1S/C16H21NO3/c18-14-7-5-11(12-6-8-16(19)17-10-12)9-15(14)20-13-3-1-2-4-13/h5,7,9,12-13,18H,1-4,6,8,10H2,(H,17,19)/t12-/m1/s1. The first-order valence-electron chi connectivity index (χ1n) is 7.48. The number of benzene rings is 1. The summed E-state index contributed by atoms with van der Waals surface area (Å²) >= 11 is 0. The Bertz CT molecular complexity index is 484. The van der Waals surface area contributed by atoms with Crippen LogP contribution in [0.2, 0.25) is 0 Å². The maximum atomic E-state index is 11.2. The van der Waals surface area contributed by atoms with Gasteiger partial charge < -0.3 is 15.2 Å². The molecule has 2 aliphatic rings. The number of piperidine rings is 1. The number of nitrogens with one attached hydrogen (secondary N) is 1. The van der Waals surface area contributed by atoms with Crippen molar-refractivity contribution in [1.29, 1.82) is 0 Å². The summed E-state index contributed by atoms with van der Waals surface area (Å²) in [5.41, 5.74) is 1.13. The van der Waals surface area contributed by atoms with Gasteiger partial charge in [-0.15, -0.1) is 0 Å². The Balaban J connectivity index is 1.73. The van der Waals surface area contributed by atoms with Crippen LogP contribution in [0, 0.1) is 0 Å². The summed E-state index contributed by atoms with van der Waals surface area (Å²) in [6, 6.07) is 5.57. The summed E-state index contributed by atoms with van der Waals surface area (Å²) in [6.07, 6.45) is 6.23. The van der Waals surface area contributed by atoms with E-state index >= 15 is 0 Å². The van der Waals surface area contributed by atoms with Gasteiger partial charge in [0, 0.05) is 18.9 Å². The summed E-state index contributed by atoms with van der Waals surface area (Å²) in [4.78, 5) is 11.2. The van der Waals surface area contributed by atoms with Crippen LogP contribution >= 0.6 is 0 Å². The molecule has 3 rings (SSSR count). The molecule has 108 valence electrons. The quantitative estimate of drug-likeness (QED) is 0.891. The van der Waals surface area contributed by atoms with Gasteiger partial charge in [0.25, 0.3) is 0 Å². The molecule has 0 aromatic heterocycles. The molecule has 1 atom stereocenters. The van der Waals surface area contributed by atoms with Crippen molar-refractivity contribution in [2.45, 2.75) is 50.5 Å². The lowest BCUT2D eigenvalue weighted by Crippen LogP contribution is -2.33. The fraction of sp³-hybridized carbons (Fsp3) is 0.562. The minimum Gasteiger partial charge on any atom is -0.504 e. The second kappa shape index (κ2) is 5.73. The van der Waals surface area contributed by atoms with Crippen molar-refractivity contribution in [3.05, 3.63) is 23.8 Å². The average molecular weight is 275 g/mol. The van der Waals surface area contributed by atoms with Gasteiger partial charge in [0.15, 0.2) is 11.5 Å². The molecular weight excluding hydrogens is 254 g/mol. The van der Waals surface area contributed by atoms with Gasteiger partial charge >= 0.3 is 0 Å². The number of amides is 1. The Morgan fingerprint density at radius 2 is 2.00 bits per heavy atom. The lowest BCUT2D eigenvalue weighted by Gasteiger charge is -2.24. The van der Waals surface area contributed by atoms with Crippen molar-refractivity contribution in [2.24, 2.45) is 0 Å². The van der Waals surface area contributed by atoms with Crippen molar-refractivity contribution < 1.29 is 14.6 Å². The molecule has 1 aliphatic carbocycles. The van der Waals surface area contributed by atoms with Crippen molar-refractivity contribution >= 4 is 5.91 Å². The molecule has 2 N–H and O–H groups in total. The summed E-state index contributed by atoms with van der Waals surface area (Å²) < 4.78 is 5.92. The van der Waals surface area contributed by atoms with Gasteiger partial charge in [0.05, 0.1) is 6.10 Å². The Morgan fingerprint density at radius 1 is 1.20 bits per heavy atom. The number of aromatic hydroxyl groups is 1. The second-order valence-electron chi connectivity index (χ2n) is 5.79. The molecule has 0 radical (unpaired) electrons. The van der Waals surface area contributed by atoms with E-state index in [0.717, 1.165) is 24.8 Å². The molecule has 1 aromatic carbocycles. The molecule has 1 amide bonds. The molecule has 0 unspecified atom stereocenters. The largest absolute Gasteiger partial charge is 0.504 e. The van der Waals surface area contributed by atoms with Crippen LogP contribution in [0.5, 0.6) is 11.5 Å². The van der Waals surface area contributed by atoms with Crippen LogP contribution in [0.4, 0.5) is 0 Å². The van der Waals surface area contributed by atoms with E-state index in [4.69, 9.17) is 4.74 Å². The molecule has 4 nitrogen and oxygen atoms in total. The van der Waals surface area contributed by atoms with Gasteiger partial charge in [-0.05, 0) is 49.8 Å². The monoisotopic (exact) mass is 275 g/mol. The third kappa shape index (κ3) is 2.89. The third-order valence-electron chi connectivity index (χ3n) is 4.32. The van der Waals surface area contributed by atoms with E-state index in [-0.39, 0.29) is 17.8 Å². The zero-order valence-corrected chi connectivity index (χ0v) is 11.6. The van der Waals surface area contributed by atoms with Crippen LogP contribution in [0.1, 0.15) is 50.0 Å². The molecule has 1 saturated carbocycles. The van der Waals surface area contributed by atoms with Gasteiger partial charge in [-0.2, -0.15) is 0 Å². The Labute approximate surface area is 119 Å². The molecule has 1 aromatic rings. The zero-order valence-electron chi connectivity index (χ0n) is 11.6. The summed E-state index contributed by atoms with van der Waals surface area (Å²) in [5.74, 6) is 1.24. The molecule has 0 bridgehead atoms. The number of rotatable bonds is 3. The van der Waals surface area contributed by atoms with E-state index in [0.29, 0.717) is 24.6 Å². The number of ether oxygens (including phenoxy) is 1. The predicted molar refractivity (Wildman–Crippen MR) is 76.0 cm³/mol. The summed E-state index contributed by atoms with van der Waals surface area (Å²) in [6.45, 7) is 0.673. The lowest BCUT2D eigenvalue weighted by atomic mass is 9.91. The van der Waals surface area contributed by atoms with Crippen molar-refractivity contribution in [3.8, 4) is 11.5 Å². The number of phenolic OH excluding ortho intramolecular Hbond substituents is 1. The smallest absolute Gasteiger partial charge is 0.220 e. The molecule has 1 heterocycles. The van der Waals surface area contributed by atoms with E-state index in [1.54, 1.807) is 6.07 Å². The fourth-order valence-corrected chi connectivity index (χ4v) is 3.08. The Hall–Kier alpha value is -1.71. The van der Waals surface area contributed by atoms with Gasteiger partial charge in [0.1, 0.15) is 0 Å². The summed E-state index contributed by atoms with van der Waals surface area (Å²) in [7, 11) is 0. The topological polar surface area (TPSA) is 58.6 Å².